The fourth-order valence-electron chi connectivity index (χ4n) is 2.56. The van der Waals surface area contributed by atoms with Gasteiger partial charge in [-0.05, 0) is 53.6 Å². The Hall–Kier alpha value is -3.60. The van der Waals surface area contributed by atoms with Gasteiger partial charge in [0, 0.05) is 11.3 Å². The highest BCUT2D eigenvalue weighted by atomic mass is 16.5. The lowest BCUT2D eigenvalue weighted by atomic mass is 10.0. The predicted octanol–water partition coefficient (Wildman–Crippen LogP) is 4.31. The molecule has 0 unspecified atom stereocenters. The number of aromatic carboxylic acids is 1. The molecular formula is C21H17NO4. The molecule has 26 heavy (non-hydrogen) atoms. The van der Waals surface area contributed by atoms with E-state index < -0.39 is 5.97 Å². The number of methoxy groups -OCH3 is 1. The third-order valence-electron chi connectivity index (χ3n) is 3.92. The van der Waals surface area contributed by atoms with Gasteiger partial charge in [-0.1, -0.05) is 30.3 Å². The Morgan fingerprint density at radius 1 is 0.846 bits per heavy atom. The van der Waals surface area contributed by atoms with Gasteiger partial charge in [0.05, 0.1) is 12.7 Å². The molecule has 0 radical (unpaired) electrons. The number of nitrogens with one attached hydrogen (secondary N) is 1. The van der Waals surface area contributed by atoms with Crippen molar-refractivity contribution in [1.29, 1.82) is 0 Å². The van der Waals surface area contributed by atoms with Crippen LogP contribution in [0.1, 0.15) is 20.7 Å². The van der Waals surface area contributed by atoms with Gasteiger partial charge in [0.1, 0.15) is 5.75 Å². The van der Waals surface area contributed by atoms with E-state index in [2.05, 4.69) is 5.32 Å². The molecule has 0 aliphatic heterocycles. The van der Waals surface area contributed by atoms with Crippen molar-refractivity contribution in [3.8, 4) is 16.9 Å². The van der Waals surface area contributed by atoms with Crippen molar-refractivity contribution in [2.75, 3.05) is 12.4 Å². The van der Waals surface area contributed by atoms with Crippen LogP contribution < -0.4 is 10.1 Å². The average Bonchev–Trinajstić information content (AvgIpc) is 2.68. The minimum absolute atomic E-state index is 0.120. The summed E-state index contributed by atoms with van der Waals surface area (Å²) in [7, 11) is 1.61. The van der Waals surface area contributed by atoms with Crippen LogP contribution in [0.5, 0.6) is 5.75 Å². The summed E-state index contributed by atoms with van der Waals surface area (Å²) in [5.41, 5.74) is 2.91. The first-order valence-electron chi connectivity index (χ1n) is 7.96. The summed E-state index contributed by atoms with van der Waals surface area (Å²) in [5, 5.41) is 11.8. The Balaban J connectivity index is 1.82. The van der Waals surface area contributed by atoms with Gasteiger partial charge in [0.2, 0.25) is 0 Å². The normalized spacial score (nSPS) is 10.2. The van der Waals surface area contributed by atoms with E-state index in [0.717, 1.165) is 16.9 Å². The molecule has 0 atom stereocenters. The predicted molar refractivity (Wildman–Crippen MR) is 99.8 cm³/mol. The quantitative estimate of drug-likeness (QED) is 0.721. The molecule has 0 aliphatic rings. The molecule has 1 amide bonds. The van der Waals surface area contributed by atoms with Crippen LogP contribution in [0.25, 0.3) is 11.1 Å². The van der Waals surface area contributed by atoms with Crippen LogP contribution in [0.4, 0.5) is 5.69 Å². The number of carbonyl (C=O) groups excluding carboxylic acids is 1. The minimum Gasteiger partial charge on any atom is -0.497 e. The first-order chi connectivity index (χ1) is 12.6. The standard InChI is InChI=1S/C21H17NO4/c1-26-19-10-8-14(9-11-19)15-4-2-5-16(12-15)20(23)22-18-7-3-6-17(13-18)21(24)25/h2-13H,1H3,(H,22,23)(H,24,25). The lowest BCUT2D eigenvalue weighted by Crippen LogP contribution is -2.12. The molecule has 130 valence electrons. The maximum Gasteiger partial charge on any atom is 0.335 e. The molecule has 0 fully saturated rings. The van der Waals surface area contributed by atoms with Crippen molar-refractivity contribution in [3.63, 3.8) is 0 Å². The summed E-state index contributed by atoms with van der Waals surface area (Å²) in [4.78, 5) is 23.5. The van der Waals surface area contributed by atoms with Crippen LogP contribution in [0, 0.1) is 0 Å². The molecule has 0 aliphatic carbocycles. The number of carboxylic acid groups (broad SMARTS) is 1. The first-order valence-corrected chi connectivity index (χ1v) is 7.96. The molecule has 3 aromatic rings. The van der Waals surface area contributed by atoms with E-state index in [1.54, 1.807) is 31.4 Å². The van der Waals surface area contributed by atoms with Gasteiger partial charge in [-0.2, -0.15) is 0 Å². The third kappa shape index (κ3) is 3.89. The largest absolute Gasteiger partial charge is 0.497 e. The molecule has 3 rings (SSSR count). The van der Waals surface area contributed by atoms with Gasteiger partial charge in [-0.25, -0.2) is 4.79 Å². The van der Waals surface area contributed by atoms with E-state index in [1.807, 2.05) is 36.4 Å². The molecule has 5 heteroatoms. The lowest BCUT2D eigenvalue weighted by Gasteiger charge is -2.08. The van der Waals surface area contributed by atoms with Crippen LogP contribution >= 0.6 is 0 Å². The van der Waals surface area contributed by atoms with Crippen molar-refractivity contribution < 1.29 is 19.4 Å². The molecule has 3 aromatic carbocycles. The molecule has 0 saturated carbocycles. The van der Waals surface area contributed by atoms with Crippen LogP contribution in [-0.2, 0) is 0 Å². The maximum atomic E-state index is 12.5. The number of ether oxygens (including phenoxy) is 1. The van der Waals surface area contributed by atoms with Crippen LogP contribution in [0.15, 0.2) is 72.8 Å². The Labute approximate surface area is 150 Å². The third-order valence-corrected chi connectivity index (χ3v) is 3.92. The Bertz CT molecular complexity index is 948. The fraction of sp³-hybridized carbons (Fsp3) is 0.0476. The number of hydrogen-bond acceptors (Lipinski definition) is 3. The highest BCUT2D eigenvalue weighted by molar-refractivity contribution is 6.05. The van der Waals surface area contributed by atoms with Crippen molar-refractivity contribution in [3.05, 3.63) is 83.9 Å². The van der Waals surface area contributed by atoms with Gasteiger partial charge in [0.25, 0.3) is 5.91 Å². The SMILES string of the molecule is COc1ccc(-c2cccc(C(=O)Nc3cccc(C(=O)O)c3)c2)cc1. The number of carbonyl (C=O) groups is 2. The smallest absolute Gasteiger partial charge is 0.335 e. The Kier molecular flexibility index (Phi) is 4.99. The fourth-order valence-corrected chi connectivity index (χ4v) is 2.56. The van der Waals surface area contributed by atoms with Gasteiger partial charge in [0.15, 0.2) is 0 Å². The number of benzene rings is 3. The molecule has 0 heterocycles. The van der Waals surface area contributed by atoms with Crippen molar-refractivity contribution in [2.45, 2.75) is 0 Å². The van der Waals surface area contributed by atoms with E-state index in [4.69, 9.17) is 9.84 Å². The van der Waals surface area contributed by atoms with Crippen LogP contribution in [-0.4, -0.2) is 24.1 Å². The molecule has 0 spiro atoms. The number of carboxylic acids is 1. The van der Waals surface area contributed by atoms with Gasteiger partial charge >= 0.3 is 5.97 Å². The topological polar surface area (TPSA) is 75.6 Å². The van der Waals surface area contributed by atoms with E-state index in [9.17, 15) is 9.59 Å². The van der Waals surface area contributed by atoms with E-state index in [1.165, 1.54) is 12.1 Å². The summed E-state index contributed by atoms with van der Waals surface area (Å²) < 4.78 is 5.15. The second-order valence-corrected chi connectivity index (χ2v) is 5.65. The second kappa shape index (κ2) is 7.53. The number of amides is 1. The number of hydrogen-bond donors (Lipinski definition) is 2. The maximum absolute atomic E-state index is 12.5. The van der Waals surface area contributed by atoms with E-state index >= 15 is 0 Å². The molecule has 0 aromatic heterocycles. The number of anilines is 1. The van der Waals surface area contributed by atoms with E-state index in [0.29, 0.717) is 11.3 Å². The summed E-state index contributed by atoms with van der Waals surface area (Å²) in [5.74, 6) is -0.577. The minimum atomic E-state index is -1.04. The van der Waals surface area contributed by atoms with Gasteiger partial charge in [-0.3, -0.25) is 4.79 Å². The summed E-state index contributed by atoms with van der Waals surface area (Å²) >= 11 is 0. The van der Waals surface area contributed by atoms with Gasteiger partial charge in [-0.15, -0.1) is 0 Å². The molecule has 0 saturated heterocycles. The summed E-state index contributed by atoms with van der Waals surface area (Å²) in [6.07, 6.45) is 0. The van der Waals surface area contributed by atoms with Gasteiger partial charge < -0.3 is 15.2 Å². The molecular weight excluding hydrogens is 330 g/mol. The Morgan fingerprint density at radius 3 is 2.23 bits per heavy atom. The highest BCUT2D eigenvalue weighted by Crippen LogP contribution is 2.23. The summed E-state index contributed by atoms with van der Waals surface area (Å²) in [6, 6.07) is 20.9. The number of rotatable bonds is 5. The molecule has 0 bridgehead atoms. The van der Waals surface area contributed by atoms with Crippen molar-refractivity contribution >= 4 is 17.6 Å². The zero-order chi connectivity index (χ0) is 18.5. The van der Waals surface area contributed by atoms with Crippen molar-refractivity contribution in [1.82, 2.24) is 0 Å². The first kappa shape index (κ1) is 17.2. The highest BCUT2D eigenvalue weighted by Gasteiger charge is 2.10. The van der Waals surface area contributed by atoms with E-state index in [-0.39, 0.29) is 11.5 Å². The van der Waals surface area contributed by atoms with Crippen molar-refractivity contribution in [2.24, 2.45) is 0 Å². The van der Waals surface area contributed by atoms with Crippen LogP contribution in [0.2, 0.25) is 0 Å². The summed E-state index contributed by atoms with van der Waals surface area (Å²) in [6.45, 7) is 0. The average molecular weight is 347 g/mol. The second-order valence-electron chi connectivity index (χ2n) is 5.65. The zero-order valence-corrected chi connectivity index (χ0v) is 14.1. The lowest BCUT2D eigenvalue weighted by molar-refractivity contribution is 0.0696. The zero-order valence-electron chi connectivity index (χ0n) is 14.1. The monoisotopic (exact) mass is 347 g/mol. The molecule has 5 nitrogen and oxygen atoms in total. The molecule has 2 N–H and O–H groups in total. The van der Waals surface area contributed by atoms with Crippen LogP contribution in [0.3, 0.4) is 0 Å². The Morgan fingerprint density at radius 2 is 1.54 bits per heavy atom.